The van der Waals surface area contributed by atoms with E-state index in [1.807, 2.05) is 55.6 Å². The van der Waals surface area contributed by atoms with E-state index in [2.05, 4.69) is 17.5 Å². The zero-order valence-electron chi connectivity index (χ0n) is 19.7. The van der Waals surface area contributed by atoms with Crippen LogP contribution in [-0.2, 0) is 4.79 Å². The monoisotopic (exact) mass is 473 g/mol. The fourth-order valence-corrected chi connectivity index (χ4v) is 4.98. The van der Waals surface area contributed by atoms with Crippen molar-refractivity contribution in [3.8, 4) is 11.1 Å². The number of allylic oxidation sites excluding steroid dienone is 1. The van der Waals surface area contributed by atoms with Crippen LogP contribution < -0.4 is 5.32 Å². The van der Waals surface area contributed by atoms with Gasteiger partial charge in [-0.05, 0) is 72.1 Å². The third-order valence-electron chi connectivity index (χ3n) is 6.44. The third kappa shape index (κ3) is 8.08. The molecule has 1 aliphatic rings. The predicted molar refractivity (Wildman–Crippen MR) is 146 cm³/mol. The van der Waals surface area contributed by atoms with Gasteiger partial charge in [0.15, 0.2) is 0 Å². The van der Waals surface area contributed by atoms with Gasteiger partial charge in [0, 0.05) is 5.56 Å². The molecule has 1 aliphatic carbocycles. The number of thioether (sulfide) groups is 1. The molecule has 1 saturated carbocycles. The number of carboxylic acid groups (broad SMARTS) is 1. The van der Waals surface area contributed by atoms with Gasteiger partial charge in [0.1, 0.15) is 6.04 Å². The Morgan fingerprint density at radius 1 is 1.12 bits per heavy atom. The molecule has 6 heteroatoms. The van der Waals surface area contributed by atoms with Crippen LogP contribution in [0.15, 0.2) is 48.5 Å². The maximum atomic E-state index is 13.2. The van der Waals surface area contributed by atoms with Crippen LogP contribution in [-0.4, -0.2) is 53.9 Å². The molecule has 0 aliphatic heterocycles. The molecule has 0 radical (unpaired) electrons. The number of hydrogen-bond acceptors (Lipinski definition) is 3. The zero-order valence-corrected chi connectivity index (χ0v) is 20.5. The van der Waals surface area contributed by atoms with E-state index in [4.69, 9.17) is 0 Å². The van der Waals surface area contributed by atoms with Gasteiger partial charge in [-0.3, -0.25) is 4.79 Å². The number of aryl methyl sites for hydroxylation is 1. The van der Waals surface area contributed by atoms with E-state index in [0.29, 0.717) is 17.7 Å². The van der Waals surface area contributed by atoms with E-state index in [9.17, 15) is 14.7 Å². The molecule has 1 unspecified atom stereocenters. The van der Waals surface area contributed by atoms with Crippen molar-refractivity contribution in [1.29, 1.82) is 0 Å². The van der Waals surface area contributed by atoms with Crippen LogP contribution >= 0.6 is 11.8 Å². The van der Waals surface area contributed by atoms with Gasteiger partial charge in [0.2, 0.25) is 0 Å². The van der Waals surface area contributed by atoms with Gasteiger partial charge in [0.05, 0.1) is 0 Å². The maximum absolute atomic E-state index is 13.2. The average Bonchev–Trinajstić information content (AvgIpc) is 2.82. The van der Waals surface area contributed by atoms with E-state index in [-0.39, 0.29) is 24.8 Å². The second-order valence-electron chi connectivity index (χ2n) is 8.91. The number of hydrogen-bond donors (Lipinski definition) is 2. The standard InChI is InChI=1S/C28H35NO3S.Li.H/c1-20-9-6-7-14-23(20)25-19-22(13-8-12-21-10-4-3-5-11-21)15-16-24(25)27(30)29-26(28(31)32)17-18-33-2;;/h6-9,13-16,19,21,26H,3-5,10-12,17-18H2,1-2H3,(H,29,30)(H,31,32);;. The molecule has 1 atom stereocenters. The molecule has 0 bridgehead atoms. The predicted octanol–water partition coefficient (Wildman–Crippen LogP) is 5.93. The van der Waals surface area contributed by atoms with Crippen LogP contribution in [0.3, 0.4) is 0 Å². The Hall–Kier alpha value is -1.93. The van der Waals surface area contributed by atoms with Crippen LogP contribution in [0.1, 0.15) is 66.4 Å². The number of nitrogens with one attached hydrogen (secondary N) is 1. The van der Waals surface area contributed by atoms with Crippen LogP contribution in [0.5, 0.6) is 0 Å². The van der Waals surface area contributed by atoms with Crippen LogP contribution in [0.25, 0.3) is 17.2 Å². The molecule has 0 aromatic heterocycles. The van der Waals surface area contributed by atoms with E-state index in [0.717, 1.165) is 34.6 Å². The summed E-state index contributed by atoms with van der Waals surface area (Å²) in [5, 5.41) is 12.3. The Kier molecular flexibility index (Phi) is 12.0. The van der Waals surface area contributed by atoms with Crippen LogP contribution in [0.2, 0.25) is 0 Å². The summed E-state index contributed by atoms with van der Waals surface area (Å²) in [4.78, 5) is 24.8. The van der Waals surface area contributed by atoms with Gasteiger partial charge < -0.3 is 10.4 Å². The Labute approximate surface area is 220 Å². The van der Waals surface area contributed by atoms with E-state index in [1.54, 1.807) is 11.8 Å². The van der Waals surface area contributed by atoms with Crippen molar-refractivity contribution >= 4 is 48.6 Å². The third-order valence-corrected chi connectivity index (χ3v) is 7.09. The molecule has 0 saturated heterocycles. The first kappa shape index (κ1) is 28.3. The second-order valence-corrected chi connectivity index (χ2v) is 9.89. The van der Waals surface area contributed by atoms with Crippen LogP contribution in [0.4, 0.5) is 0 Å². The molecule has 178 valence electrons. The fraction of sp³-hybridized carbons (Fsp3) is 0.429. The van der Waals surface area contributed by atoms with Gasteiger partial charge in [-0.2, -0.15) is 11.8 Å². The molecular formula is C28H36LiNO3S. The van der Waals surface area contributed by atoms with Crippen molar-refractivity contribution in [2.24, 2.45) is 5.92 Å². The zero-order chi connectivity index (χ0) is 23.6. The number of aliphatic carboxylic acids is 1. The fourth-order valence-electron chi connectivity index (χ4n) is 4.51. The Morgan fingerprint density at radius 3 is 2.53 bits per heavy atom. The summed E-state index contributed by atoms with van der Waals surface area (Å²) in [7, 11) is 0. The van der Waals surface area contributed by atoms with Gasteiger partial charge in [-0.25, -0.2) is 4.79 Å². The molecule has 2 aromatic carbocycles. The second kappa shape index (κ2) is 14.5. The van der Waals surface area contributed by atoms with Crippen molar-refractivity contribution in [1.82, 2.24) is 5.32 Å². The van der Waals surface area contributed by atoms with Crippen molar-refractivity contribution in [3.05, 3.63) is 65.2 Å². The van der Waals surface area contributed by atoms with Gasteiger partial charge in [-0.15, -0.1) is 0 Å². The SMILES string of the molecule is CSCCC(NC(=O)c1ccc(C=CCC2CCCCC2)cc1-c1ccccc1C)C(=O)O.[LiH]. The summed E-state index contributed by atoms with van der Waals surface area (Å²) in [5.41, 5.74) is 4.45. The van der Waals surface area contributed by atoms with Gasteiger partial charge >= 0.3 is 24.8 Å². The molecule has 1 fully saturated rings. The van der Waals surface area contributed by atoms with Crippen molar-refractivity contribution in [2.75, 3.05) is 12.0 Å². The van der Waals surface area contributed by atoms with Gasteiger partial charge in [0.25, 0.3) is 5.91 Å². The number of benzene rings is 2. The number of carboxylic acids is 1. The normalized spacial score (nSPS) is 15.0. The number of rotatable bonds is 10. The molecule has 3 rings (SSSR count). The number of carbonyl (C=O) groups is 2. The molecule has 4 nitrogen and oxygen atoms in total. The van der Waals surface area contributed by atoms with Gasteiger partial charge in [-0.1, -0.05) is 74.6 Å². The first-order valence-electron chi connectivity index (χ1n) is 11.9. The molecular weight excluding hydrogens is 437 g/mol. The Balaban J connectivity index is 0.00000408. The van der Waals surface area contributed by atoms with Crippen molar-refractivity contribution < 1.29 is 14.7 Å². The minimum atomic E-state index is -1.00. The molecule has 0 spiro atoms. The molecule has 34 heavy (non-hydrogen) atoms. The topological polar surface area (TPSA) is 66.4 Å². The van der Waals surface area contributed by atoms with Crippen molar-refractivity contribution in [2.45, 2.75) is 57.9 Å². The number of carbonyl (C=O) groups excluding carboxylic acids is 1. The summed E-state index contributed by atoms with van der Waals surface area (Å²) in [6, 6.07) is 12.9. The first-order chi connectivity index (χ1) is 16.0. The molecule has 2 aromatic rings. The Bertz CT molecular complexity index is 985. The summed E-state index contributed by atoms with van der Waals surface area (Å²) < 4.78 is 0. The molecule has 2 N–H and O–H groups in total. The average molecular weight is 474 g/mol. The van der Waals surface area contributed by atoms with E-state index >= 15 is 0 Å². The quantitative estimate of drug-likeness (QED) is 0.420. The summed E-state index contributed by atoms with van der Waals surface area (Å²) in [6.45, 7) is 2.03. The van der Waals surface area contributed by atoms with Crippen molar-refractivity contribution in [3.63, 3.8) is 0 Å². The Morgan fingerprint density at radius 2 is 1.85 bits per heavy atom. The summed E-state index contributed by atoms with van der Waals surface area (Å²) in [6.07, 6.45) is 14.5. The molecule has 0 heterocycles. The summed E-state index contributed by atoms with van der Waals surface area (Å²) >= 11 is 1.57. The van der Waals surface area contributed by atoms with E-state index in [1.165, 1.54) is 32.1 Å². The van der Waals surface area contributed by atoms with E-state index < -0.39 is 12.0 Å². The first-order valence-corrected chi connectivity index (χ1v) is 13.3. The minimum absolute atomic E-state index is 0. The number of amides is 1. The van der Waals surface area contributed by atoms with Crippen LogP contribution in [0, 0.1) is 12.8 Å². The molecule has 1 amide bonds. The summed E-state index contributed by atoms with van der Waals surface area (Å²) in [5.74, 6) is 0.105.